The second-order valence-electron chi connectivity index (χ2n) is 5.93. The van der Waals surface area contributed by atoms with E-state index in [0.29, 0.717) is 4.47 Å². The molecule has 0 radical (unpaired) electrons. The van der Waals surface area contributed by atoms with Gasteiger partial charge in [0.15, 0.2) is 0 Å². The lowest BCUT2D eigenvalue weighted by atomic mass is 10.1. The minimum atomic E-state index is -0.443. The van der Waals surface area contributed by atoms with Gasteiger partial charge in [0.05, 0.1) is 5.56 Å². The van der Waals surface area contributed by atoms with E-state index in [1.165, 1.54) is 18.9 Å². The second kappa shape index (κ2) is 6.44. The van der Waals surface area contributed by atoms with Gasteiger partial charge < -0.3 is 9.80 Å². The molecule has 3 rings (SSSR count). The maximum Gasteiger partial charge on any atom is 0.257 e. The molecule has 21 heavy (non-hydrogen) atoms. The molecule has 1 atom stereocenters. The minimum absolute atomic E-state index is 0.165. The van der Waals surface area contributed by atoms with Crippen LogP contribution in [0.15, 0.2) is 22.7 Å². The summed E-state index contributed by atoms with van der Waals surface area (Å²) in [5.41, 5.74) is 0.187. The molecule has 1 aromatic rings. The van der Waals surface area contributed by atoms with Crippen molar-refractivity contribution in [3.8, 4) is 0 Å². The fraction of sp³-hybridized carbons (Fsp3) is 0.562. The van der Waals surface area contributed by atoms with Crippen molar-refractivity contribution in [2.75, 3.05) is 26.2 Å². The third-order valence-electron chi connectivity index (χ3n) is 4.47. The quantitative estimate of drug-likeness (QED) is 0.831. The van der Waals surface area contributed by atoms with Crippen molar-refractivity contribution in [2.24, 2.45) is 0 Å². The first-order chi connectivity index (χ1) is 10.1. The highest BCUT2D eigenvalue weighted by Crippen LogP contribution is 2.24. The summed E-state index contributed by atoms with van der Waals surface area (Å²) in [7, 11) is 0. The summed E-state index contributed by atoms with van der Waals surface area (Å²) in [5, 5.41) is 0. The molecule has 2 aliphatic heterocycles. The lowest BCUT2D eigenvalue weighted by Gasteiger charge is -2.28. The van der Waals surface area contributed by atoms with Crippen molar-refractivity contribution >= 4 is 21.8 Å². The van der Waals surface area contributed by atoms with Crippen molar-refractivity contribution < 1.29 is 9.18 Å². The Morgan fingerprint density at radius 2 is 2.00 bits per heavy atom. The number of hydrogen-bond acceptors (Lipinski definition) is 2. The Morgan fingerprint density at radius 1 is 1.24 bits per heavy atom. The molecule has 3 nitrogen and oxygen atoms in total. The first-order valence-corrected chi connectivity index (χ1v) is 8.43. The van der Waals surface area contributed by atoms with Crippen LogP contribution in [0.4, 0.5) is 4.39 Å². The number of amides is 1. The van der Waals surface area contributed by atoms with Crippen LogP contribution < -0.4 is 0 Å². The molecule has 1 amide bonds. The van der Waals surface area contributed by atoms with Gasteiger partial charge in [-0.05, 0) is 57.0 Å². The molecule has 1 aromatic carbocycles. The molecule has 0 N–H and O–H groups in total. The standard InChI is InChI=1S/C16H20BrFN2O/c17-12-5-6-14(15(18)10-12)16(21)20-9-3-4-13(20)11-19-7-1-2-8-19/h5-6,10,13H,1-4,7-9,11H2. The highest BCUT2D eigenvalue weighted by molar-refractivity contribution is 9.10. The van der Waals surface area contributed by atoms with Gasteiger partial charge in [-0.15, -0.1) is 0 Å². The summed E-state index contributed by atoms with van der Waals surface area (Å²) in [5.74, 6) is -0.608. The van der Waals surface area contributed by atoms with Crippen molar-refractivity contribution in [1.82, 2.24) is 9.80 Å². The third kappa shape index (κ3) is 3.29. The van der Waals surface area contributed by atoms with E-state index in [4.69, 9.17) is 0 Å². The number of hydrogen-bond donors (Lipinski definition) is 0. The fourth-order valence-electron chi connectivity index (χ4n) is 3.37. The van der Waals surface area contributed by atoms with E-state index < -0.39 is 5.82 Å². The van der Waals surface area contributed by atoms with Crippen molar-refractivity contribution in [2.45, 2.75) is 31.7 Å². The Hall–Kier alpha value is -0.940. The molecular formula is C16H20BrFN2O. The summed E-state index contributed by atoms with van der Waals surface area (Å²) < 4.78 is 14.7. The van der Waals surface area contributed by atoms with E-state index in [2.05, 4.69) is 20.8 Å². The number of halogens is 2. The second-order valence-corrected chi connectivity index (χ2v) is 6.84. The van der Waals surface area contributed by atoms with Gasteiger partial charge in [0.25, 0.3) is 5.91 Å². The summed E-state index contributed by atoms with van der Waals surface area (Å²) >= 11 is 3.23. The van der Waals surface area contributed by atoms with Crippen molar-refractivity contribution in [3.05, 3.63) is 34.1 Å². The molecule has 2 heterocycles. The van der Waals surface area contributed by atoms with Crippen LogP contribution >= 0.6 is 15.9 Å². The van der Waals surface area contributed by atoms with Gasteiger partial charge in [0, 0.05) is 23.6 Å². The molecule has 0 bridgehead atoms. The van der Waals surface area contributed by atoms with Crippen LogP contribution in [0.1, 0.15) is 36.0 Å². The number of benzene rings is 1. The molecule has 1 unspecified atom stereocenters. The number of carbonyl (C=O) groups is 1. The predicted molar refractivity (Wildman–Crippen MR) is 83.8 cm³/mol. The molecule has 0 saturated carbocycles. The van der Waals surface area contributed by atoms with Gasteiger partial charge >= 0.3 is 0 Å². The molecular weight excluding hydrogens is 335 g/mol. The molecule has 2 saturated heterocycles. The van der Waals surface area contributed by atoms with Gasteiger partial charge in [0.2, 0.25) is 0 Å². The largest absolute Gasteiger partial charge is 0.334 e. The van der Waals surface area contributed by atoms with E-state index in [1.807, 2.05) is 4.90 Å². The molecule has 0 spiro atoms. The maximum atomic E-state index is 14.0. The Labute approximate surface area is 133 Å². The Balaban J connectivity index is 1.73. The van der Waals surface area contributed by atoms with Gasteiger partial charge in [0.1, 0.15) is 5.82 Å². The van der Waals surface area contributed by atoms with E-state index >= 15 is 0 Å². The minimum Gasteiger partial charge on any atom is -0.334 e. The monoisotopic (exact) mass is 354 g/mol. The smallest absolute Gasteiger partial charge is 0.257 e. The first-order valence-electron chi connectivity index (χ1n) is 7.63. The van der Waals surface area contributed by atoms with Gasteiger partial charge in [-0.25, -0.2) is 4.39 Å². The van der Waals surface area contributed by atoms with Crippen molar-refractivity contribution in [3.63, 3.8) is 0 Å². The van der Waals surface area contributed by atoms with Crippen LogP contribution in [0.3, 0.4) is 0 Å². The number of likely N-dealkylation sites (tertiary alicyclic amines) is 2. The SMILES string of the molecule is O=C(c1ccc(Br)cc1F)N1CCCC1CN1CCCC1. The van der Waals surface area contributed by atoms with E-state index in [9.17, 15) is 9.18 Å². The molecule has 5 heteroatoms. The van der Waals surface area contributed by atoms with Gasteiger partial charge in [-0.3, -0.25) is 4.79 Å². The Morgan fingerprint density at radius 3 is 2.71 bits per heavy atom. The summed E-state index contributed by atoms with van der Waals surface area (Å²) in [6.45, 7) is 3.94. The summed E-state index contributed by atoms with van der Waals surface area (Å²) in [6.07, 6.45) is 4.55. The fourth-order valence-corrected chi connectivity index (χ4v) is 3.71. The molecule has 0 aliphatic carbocycles. The third-order valence-corrected chi connectivity index (χ3v) is 4.96. The van der Waals surface area contributed by atoms with Crippen LogP contribution in [-0.2, 0) is 0 Å². The average molecular weight is 355 g/mol. The van der Waals surface area contributed by atoms with Crippen LogP contribution in [0.2, 0.25) is 0 Å². The maximum absolute atomic E-state index is 14.0. The zero-order chi connectivity index (χ0) is 14.8. The molecule has 0 aromatic heterocycles. The summed E-state index contributed by atoms with van der Waals surface area (Å²) in [4.78, 5) is 16.9. The van der Waals surface area contributed by atoms with Gasteiger partial charge in [-0.1, -0.05) is 15.9 Å². The number of carbonyl (C=O) groups excluding carboxylic acids is 1. The first kappa shape index (κ1) is 15.0. The zero-order valence-electron chi connectivity index (χ0n) is 12.0. The highest BCUT2D eigenvalue weighted by Gasteiger charge is 2.32. The Bertz CT molecular complexity index is 531. The highest BCUT2D eigenvalue weighted by atomic mass is 79.9. The van der Waals surface area contributed by atoms with Crippen LogP contribution in [0, 0.1) is 5.82 Å². The molecule has 2 fully saturated rings. The van der Waals surface area contributed by atoms with Crippen molar-refractivity contribution in [1.29, 1.82) is 0 Å². The lowest BCUT2D eigenvalue weighted by molar-refractivity contribution is 0.0704. The number of nitrogens with zero attached hydrogens (tertiary/aromatic N) is 2. The topological polar surface area (TPSA) is 23.6 Å². The van der Waals surface area contributed by atoms with Crippen LogP contribution in [-0.4, -0.2) is 47.9 Å². The zero-order valence-corrected chi connectivity index (χ0v) is 13.6. The lowest BCUT2D eigenvalue weighted by Crippen LogP contribution is -2.42. The summed E-state index contributed by atoms with van der Waals surface area (Å²) in [6, 6.07) is 4.90. The van der Waals surface area contributed by atoms with E-state index in [0.717, 1.165) is 39.0 Å². The normalized spacial score (nSPS) is 23.0. The average Bonchev–Trinajstić information content (AvgIpc) is 3.10. The Kier molecular flexibility index (Phi) is 4.60. The number of rotatable bonds is 3. The molecule has 2 aliphatic rings. The van der Waals surface area contributed by atoms with Crippen LogP contribution in [0.25, 0.3) is 0 Å². The molecule has 114 valence electrons. The van der Waals surface area contributed by atoms with E-state index in [1.54, 1.807) is 12.1 Å². The van der Waals surface area contributed by atoms with Gasteiger partial charge in [-0.2, -0.15) is 0 Å². The van der Waals surface area contributed by atoms with Crippen LogP contribution in [0.5, 0.6) is 0 Å². The predicted octanol–water partition coefficient (Wildman–Crippen LogP) is 3.29. The van der Waals surface area contributed by atoms with E-state index in [-0.39, 0.29) is 17.5 Å².